The minimum Gasteiger partial charge on any atom is -0.481 e. The average Bonchev–Trinajstić information content (AvgIpc) is 2.50. The molecule has 0 saturated heterocycles. The lowest BCUT2D eigenvalue weighted by Crippen LogP contribution is -2.21. The van der Waals surface area contributed by atoms with Gasteiger partial charge in [-0.25, -0.2) is 0 Å². The van der Waals surface area contributed by atoms with Crippen molar-refractivity contribution in [2.45, 2.75) is 32.2 Å². The molecule has 1 rings (SSSR count). The Morgan fingerprint density at radius 2 is 2.23 bits per heavy atom. The topological polar surface area (TPSA) is 80.4 Å². The molecule has 5 nitrogen and oxygen atoms in total. The van der Waals surface area contributed by atoms with E-state index in [9.17, 15) is 14.9 Å². The first kappa shape index (κ1) is 9.95. The molecule has 0 bridgehead atoms. The third-order valence-corrected chi connectivity index (χ3v) is 2.84. The molecule has 3 unspecified atom stereocenters. The van der Waals surface area contributed by atoms with Crippen LogP contribution in [0.3, 0.4) is 0 Å². The number of hydrogen-bond acceptors (Lipinski definition) is 3. The summed E-state index contributed by atoms with van der Waals surface area (Å²) in [6.45, 7) is 1.62. The first-order valence-corrected chi connectivity index (χ1v) is 4.38. The van der Waals surface area contributed by atoms with Crippen LogP contribution in [0.25, 0.3) is 0 Å². The lowest BCUT2D eigenvalue weighted by molar-refractivity contribution is -0.521. The van der Waals surface area contributed by atoms with Gasteiger partial charge in [-0.1, -0.05) is 6.92 Å². The van der Waals surface area contributed by atoms with Crippen molar-refractivity contribution in [2.75, 3.05) is 0 Å². The van der Waals surface area contributed by atoms with Crippen LogP contribution in [-0.4, -0.2) is 22.0 Å². The van der Waals surface area contributed by atoms with Crippen molar-refractivity contribution in [1.82, 2.24) is 0 Å². The molecule has 0 aromatic rings. The van der Waals surface area contributed by atoms with Crippen LogP contribution in [0.2, 0.25) is 0 Å². The molecule has 0 heterocycles. The summed E-state index contributed by atoms with van der Waals surface area (Å²) < 4.78 is 0. The van der Waals surface area contributed by atoms with Gasteiger partial charge >= 0.3 is 5.97 Å². The van der Waals surface area contributed by atoms with E-state index in [1.54, 1.807) is 6.92 Å². The van der Waals surface area contributed by atoms with Gasteiger partial charge in [0.25, 0.3) is 0 Å². The monoisotopic (exact) mass is 187 g/mol. The molecule has 0 spiro atoms. The van der Waals surface area contributed by atoms with Crippen LogP contribution in [0.5, 0.6) is 0 Å². The molecule has 13 heavy (non-hydrogen) atoms. The van der Waals surface area contributed by atoms with Gasteiger partial charge in [0.1, 0.15) is 0 Å². The van der Waals surface area contributed by atoms with E-state index in [0.29, 0.717) is 19.3 Å². The summed E-state index contributed by atoms with van der Waals surface area (Å²) in [5.74, 6) is -1.33. The third kappa shape index (κ3) is 2.17. The number of rotatable bonds is 3. The Bertz CT molecular complexity index is 228. The summed E-state index contributed by atoms with van der Waals surface area (Å²) in [6, 6.07) is -0.521. The first-order chi connectivity index (χ1) is 6.02. The number of carbonyl (C=O) groups is 1. The van der Waals surface area contributed by atoms with E-state index in [1.807, 2.05) is 0 Å². The van der Waals surface area contributed by atoms with Gasteiger partial charge in [-0.3, -0.25) is 14.9 Å². The molecular formula is C8H13NO4. The normalized spacial score (nSPS) is 29.9. The smallest absolute Gasteiger partial charge is 0.306 e. The van der Waals surface area contributed by atoms with Crippen LogP contribution >= 0.6 is 0 Å². The maximum absolute atomic E-state index is 10.6. The highest BCUT2D eigenvalue weighted by Gasteiger charge is 2.37. The molecule has 0 amide bonds. The van der Waals surface area contributed by atoms with Crippen molar-refractivity contribution in [2.24, 2.45) is 11.8 Å². The van der Waals surface area contributed by atoms with E-state index < -0.39 is 17.9 Å². The van der Waals surface area contributed by atoms with Gasteiger partial charge in [-0.2, -0.15) is 0 Å². The maximum Gasteiger partial charge on any atom is 0.306 e. The van der Waals surface area contributed by atoms with Crippen LogP contribution in [0.4, 0.5) is 0 Å². The minimum absolute atomic E-state index is 0.0205. The van der Waals surface area contributed by atoms with Crippen molar-refractivity contribution in [3.05, 3.63) is 10.1 Å². The number of nitro groups is 1. The Morgan fingerprint density at radius 3 is 2.62 bits per heavy atom. The van der Waals surface area contributed by atoms with Crippen LogP contribution in [0.15, 0.2) is 0 Å². The molecule has 74 valence electrons. The molecule has 1 aliphatic carbocycles. The van der Waals surface area contributed by atoms with Crippen molar-refractivity contribution >= 4 is 5.97 Å². The zero-order valence-corrected chi connectivity index (χ0v) is 7.47. The highest BCUT2D eigenvalue weighted by atomic mass is 16.6. The number of carboxylic acids is 1. The fourth-order valence-corrected chi connectivity index (χ4v) is 1.84. The molecule has 0 aromatic carbocycles. The number of nitrogens with zero attached hydrogens (tertiary/aromatic N) is 1. The molecule has 3 atom stereocenters. The second-order valence-corrected chi connectivity index (χ2v) is 3.64. The van der Waals surface area contributed by atoms with Crippen LogP contribution in [-0.2, 0) is 4.79 Å². The summed E-state index contributed by atoms with van der Waals surface area (Å²) in [7, 11) is 0. The Hall–Kier alpha value is -1.13. The van der Waals surface area contributed by atoms with Gasteiger partial charge in [-0.15, -0.1) is 0 Å². The molecular weight excluding hydrogens is 174 g/mol. The molecule has 1 aliphatic rings. The molecule has 0 radical (unpaired) electrons. The van der Waals surface area contributed by atoms with Gasteiger partial charge in [0.05, 0.1) is 5.92 Å². The second kappa shape index (κ2) is 3.72. The molecule has 1 N–H and O–H groups in total. The summed E-state index contributed by atoms with van der Waals surface area (Å²) in [4.78, 5) is 20.7. The zero-order chi connectivity index (χ0) is 10.0. The molecule has 0 aromatic heterocycles. The Balaban J connectivity index is 2.49. The van der Waals surface area contributed by atoms with Crippen molar-refractivity contribution in [3.63, 3.8) is 0 Å². The fourth-order valence-electron chi connectivity index (χ4n) is 1.84. The third-order valence-electron chi connectivity index (χ3n) is 2.84. The summed E-state index contributed by atoms with van der Waals surface area (Å²) in [5, 5.41) is 19.1. The SMILES string of the molecule is CC(C(=O)O)C1CCC([N+](=O)[O-])C1. The maximum atomic E-state index is 10.6. The second-order valence-electron chi connectivity index (χ2n) is 3.64. The van der Waals surface area contributed by atoms with E-state index in [0.717, 1.165) is 0 Å². The van der Waals surface area contributed by atoms with E-state index in [2.05, 4.69) is 0 Å². The number of hydrogen-bond donors (Lipinski definition) is 1. The minimum atomic E-state index is -0.853. The first-order valence-electron chi connectivity index (χ1n) is 4.38. The standard InChI is InChI=1S/C8H13NO4/c1-5(8(10)11)6-2-3-7(4-6)9(12)13/h5-7H,2-4H2,1H3,(H,10,11). The van der Waals surface area contributed by atoms with E-state index in [4.69, 9.17) is 5.11 Å². The lowest BCUT2D eigenvalue weighted by atomic mass is 9.93. The Kier molecular flexibility index (Phi) is 2.85. The van der Waals surface area contributed by atoms with E-state index in [1.165, 1.54) is 0 Å². The van der Waals surface area contributed by atoms with Crippen LogP contribution in [0.1, 0.15) is 26.2 Å². The molecule has 1 saturated carbocycles. The highest BCUT2D eigenvalue weighted by molar-refractivity contribution is 5.69. The van der Waals surface area contributed by atoms with E-state index >= 15 is 0 Å². The number of carboxylic acid groups (broad SMARTS) is 1. The largest absolute Gasteiger partial charge is 0.481 e. The number of aliphatic carboxylic acids is 1. The van der Waals surface area contributed by atoms with Crippen molar-refractivity contribution in [1.29, 1.82) is 0 Å². The fraction of sp³-hybridized carbons (Fsp3) is 0.875. The quantitative estimate of drug-likeness (QED) is 0.531. The Morgan fingerprint density at radius 1 is 1.62 bits per heavy atom. The molecule has 1 fully saturated rings. The predicted molar refractivity (Wildman–Crippen MR) is 44.9 cm³/mol. The lowest BCUT2D eigenvalue weighted by Gasteiger charge is -2.12. The zero-order valence-electron chi connectivity index (χ0n) is 7.47. The van der Waals surface area contributed by atoms with Crippen molar-refractivity contribution < 1.29 is 14.8 Å². The van der Waals surface area contributed by atoms with Gasteiger partial charge in [-0.05, 0) is 12.3 Å². The average molecular weight is 187 g/mol. The van der Waals surface area contributed by atoms with Gasteiger partial charge in [0.15, 0.2) is 0 Å². The van der Waals surface area contributed by atoms with Crippen molar-refractivity contribution in [3.8, 4) is 0 Å². The summed E-state index contributed by atoms with van der Waals surface area (Å²) >= 11 is 0. The van der Waals surface area contributed by atoms with Gasteiger partial charge in [0.2, 0.25) is 6.04 Å². The van der Waals surface area contributed by atoms with E-state index in [-0.39, 0.29) is 10.8 Å². The van der Waals surface area contributed by atoms with Gasteiger partial charge < -0.3 is 5.11 Å². The summed E-state index contributed by atoms with van der Waals surface area (Å²) in [6.07, 6.45) is 1.61. The molecule has 5 heteroatoms. The predicted octanol–water partition coefficient (Wildman–Crippen LogP) is 1.15. The van der Waals surface area contributed by atoms with Gasteiger partial charge in [0, 0.05) is 17.8 Å². The summed E-state index contributed by atoms with van der Waals surface area (Å²) in [5.41, 5.74) is 0. The molecule has 0 aliphatic heterocycles. The highest BCUT2D eigenvalue weighted by Crippen LogP contribution is 2.32. The van der Waals surface area contributed by atoms with Crippen LogP contribution in [0, 0.1) is 22.0 Å². The Labute approximate surface area is 75.9 Å². The van der Waals surface area contributed by atoms with Crippen LogP contribution < -0.4 is 0 Å².